The molecule has 2 N–H and O–H groups in total. The van der Waals surface area contributed by atoms with Gasteiger partial charge in [0.15, 0.2) is 0 Å². The van der Waals surface area contributed by atoms with Crippen molar-refractivity contribution in [2.24, 2.45) is 0 Å². The second kappa shape index (κ2) is 4.23. The molecule has 1 aromatic heterocycles. The first kappa shape index (κ1) is 9.86. The quantitative estimate of drug-likeness (QED) is 0.837. The van der Waals surface area contributed by atoms with Crippen molar-refractivity contribution in [2.75, 3.05) is 5.73 Å². The fourth-order valence-electron chi connectivity index (χ4n) is 1.21. The summed E-state index contributed by atoms with van der Waals surface area (Å²) in [6.45, 7) is 0. The number of benzene rings is 1. The van der Waals surface area contributed by atoms with Gasteiger partial charge in [0.2, 0.25) is 5.95 Å². The Morgan fingerprint density at radius 1 is 1.13 bits per heavy atom. The van der Waals surface area contributed by atoms with Crippen LogP contribution >= 0.6 is 11.6 Å². The van der Waals surface area contributed by atoms with Gasteiger partial charge in [-0.15, -0.1) is 0 Å². The van der Waals surface area contributed by atoms with Crippen LogP contribution in [-0.4, -0.2) is 15.0 Å². The lowest BCUT2D eigenvalue weighted by Crippen LogP contribution is -2.02. The van der Waals surface area contributed by atoms with E-state index in [0.29, 0.717) is 17.3 Å². The molecule has 1 aromatic carbocycles. The van der Waals surface area contributed by atoms with Crippen LogP contribution in [0.3, 0.4) is 0 Å². The number of halogens is 1. The third-order valence-corrected chi connectivity index (χ3v) is 2.17. The van der Waals surface area contributed by atoms with Crippen LogP contribution in [-0.2, 0) is 6.42 Å². The molecule has 2 rings (SSSR count). The van der Waals surface area contributed by atoms with Gasteiger partial charge in [-0.1, -0.05) is 23.7 Å². The van der Waals surface area contributed by atoms with Crippen LogP contribution in [0, 0.1) is 0 Å². The highest BCUT2D eigenvalue weighted by atomic mass is 35.5. The van der Waals surface area contributed by atoms with Crippen molar-refractivity contribution in [3.63, 3.8) is 0 Å². The highest BCUT2D eigenvalue weighted by Crippen LogP contribution is 2.11. The first-order valence-corrected chi connectivity index (χ1v) is 4.79. The van der Waals surface area contributed by atoms with Crippen LogP contribution in [0.4, 0.5) is 5.95 Å². The summed E-state index contributed by atoms with van der Waals surface area (Å²) in [6.07, 6.45) is 2.04. The molecule has 15 heavy (non-hydrogen) atoms. The summed E-state index contributed by atoms with van der Waals surface area (Å²) in [5, 5.41) is 0.717. The van der Waals surface area contributed by atoms with Crippen molar-refractivity contribution in [1.29, 1.82) is 0 Å². The van der Waals surface area contributed by atoms with Crippen LogP contribution in [0.15, 0.2) is 30.6 Å². The molecular weight excluding hydrogens is 212 g/mol. The predicted octanol–water partition coefficient (Wildman–Crippen LogP) is 1.70. The molecule has 0 unspecified atom stereocenters. The second-order valence-corrected chi connectivity index (χ2v) is 3.50. The van der Waals surface area contributed by atoms with Crippen molar-refractivity contribution in [2.45, 2.75) is 6.42 Å². The van der Waals surface area contributed by atoms with E-state index in [1.807, 2.05) is 24.3 Å². The minimum atomic E-state index is 0.244. The molecular formula is C10H9ClN4. The first-order chi connectivity index (χ1) is 7.24. The zero-order valence-electron chi connectivity index (χ0n) is 7.89. The minimum absolute atomic E-state index is 0.244. The summed E-state index contributed by atoms with van der Waals surface area (Å²) < 4.78 is 0. The van der Waals surface area contributed by atoms with Crippen LogP contribution in [0.1, 0.15) is 11.4 Å². The molecule has 0 aliphatic carbocycles. The molecule has 0 spiro atoms. The second-order valence-electron chi connectivity index (χ2n) is 3.06. The van der Waals surface area contributed by atoms with Gasteiger partial charge in [-0.25, -0.2) is 9.97 Å². The third-order valence-electron chi connectivity index (χ3n) is 1.92. The summed E-state index contributed by atoms with van der Waals surface area (Å²) in [6, 6.07) is 7.54. The number of anilines is 1. The maximum Gasteiger partial charge on any atom is 0.223 e. The molecule has 0 bridgehead atoms. The lowest BCUT2D eigenvalue weighted by molar-refractivity contribution is 0.929. The van der Waals surface area contributed by atoms with Gasteiger partial charge in [0, 0.05) is 11.4 Å². The van der Waals surface area contributed by atoms with Gasteiger partial charge in [0.25, 0.3) is 0 Å². The molecule has 0 radical (unpaired) electrons. The van der Waals surface area contributed by atoms with Gasteiger partial charge >= 0.3 is 0 Å². The summed E-state index contributed by atoms with van der Waals surface area (Å²) in [4.78, 5) is 11.8. The molecule has 4 nitrogen and oxygen atoms in total. The minimum Gasteiger partial charge on any atom is -0.368 e. The lowest BCUT2D eigenvalue weighted by Gasteiger charge is -2.00. The van der Waals surface area contributed by atoms with Crippen molar-refractivity contribution in [1.82, 2.24) is 15.0 Å². The fraction of sp³-hybridized carbons (Fsp3) is 0.100. The molecule has 0 aliphatic rings. The SMILES string of the molecule is Nc1ncnc(Cc2ccc(Cl)cc2)n1. The molecule has 0 aliphatic heterocycles. The van der Waals surface area contributed by atoms with Crippen LogP contribution < -0.4 is 5.73 Å². The van der Waals surface area contributed by atoms with Crippen molar-refractivity contribution in [3.05, 3.63) is 47.0 Å². The van der Waals surface area contributed by atoms with E-state index in [9.17, 15) is 0 Å². The van der Waals surface area contributed by atoms with E-state index in [1.54, 1.807) is 0 Å². The largest absolute Gasteiger partial charge is 0.368 e. The Kier molecular flexibility index (Phi) is 2.78. The average molecular weight is 221 g/mol. The first-order valence-electron chi connectivity index (χ1n) is 4.42. The van der Waals surface area contributed by atoms with Gasteiger partial charge in [-0.3, -0.25) is 0 Å². The Balaban J connectivity index is 2.18. The summed E-state index contributed by atoms with van der Waals surface area (Å²) >= 11 is 5.78. The zero-order valence-corrected chi connectivity index (χ0v) is 8.65. The molecule has 0 fully saturated rings. The van der Waals surface area contributed by atoms with E-state index in [-0.39, 0.29) is 5.95 Å². The smallest absolute Gasteiger partial charge is 0.223 e. The number of rotatable bonds is 2. The Bertz CT molecular complexity index is 455. The van der Waals surface area contributed by atoms with E-state index in [0.717, 1.165) is 5.56 Å². The number of nitrogens with zero attached hydrogens (tertiary/aromatic N) is 3. The lowest BCUT2D eigenvalue weighted by atomic mass is 10.1. The maximum absolute atomic E-state index is 5.78. The average Bonchev–Trinajstić information content (AvgIpc) is 2.22. The third kappa shape index (κ3) is 2.63. The van der Waals surface area contributed by atoms with Crippen LogP contribution in [0.2, 0.25) is 5.02 Å². The van der Waals surface area contributed by atoms with Gasteiger partial charge in [-0.2, -0.15) is 4.98 Å². The molecule has 0 saturated carbocycles. The topological polar surface area (TPSA) is 64.7 Å². The summed E-state index contributed by atoms with van der Waals surface area (Å²) in [5.41, 5.74) is 6.54. The number of aromatic nitrogens is 3. The van der Waals surface area contributed by atoms with Crippen molar-refractivity contribution < 1.29 is 0 Å². The molecule has 0 saturated heterocycles. The van der Waals surface area contributed by atoms with Gasteiger partial charge in [0.1, 0.15) is 12.2 Å². The fourth-order valence-corrected chi connectivity index (χ4v) is 1.34. The number of nitrogens with two attached hydrogens (primary N) is 1. The van der Waals surface area contributed by atoms with Crippen molar-refractivity contribution in [3.8, 4) is 0 Å². The Labute approximate surface area is 92.2 Å². The standard InChI is InChI=1S/C10H9ClN4/c11-8-3-1-7(2-4-8)5-9-13-6-14-10(12)15-9/h1-4,6H,5H2,(H2,12,13,14,15). The zero-order chi connectivity index (χ0) is 10.7. The number of nitrogen functional groups attached to an aromatic ring is 1. The molecule has 1 heterocycles. The predicted molar refractivity (Wildman–Crippen MR) is 58.5 cm³/mol. The van der Waals surface area contributed by atoms with Gasteiger partial charge in [0.05, 0.1) is 0 Å². The number of hydrogen-bond acceptors (Lipinski definition) is 4. The molecule has 76 valence electrons. The van der Waals surface area contributed by atoms with Crippen LogP contribution in [0.5, 0.6) is 0 Å². The molecule has 2 aromatic rings. The summed E-state index contributed by atoms with van der Waals surface area (Å²) in [7, 11) is 0. The van der Waals surface area contributed by atoms with E-state index in [2.05, 4.69) is 15.0 Å². The van der Waals surface area contributed by atoms with Gasteiger partial charge in [-0.05, 0) is 17.7 Å². The Morgan fingerprint density at radius 3 is 2.53 bits per heavy atom. The maximum atomic E-state index is 5.78. The molecule has 0 atom stereocenters. The summed E-state index contributed by atoms with van der Waals surface area (Å²) in [5.74, 6) is 0.902. The highest BCUT2D eigenvalue weighted by molar-refractivity contribution is 6.30. The Hall–Kier alpha value is -1.68. The van der Waals surface area contributed by atoms with E-state index >= 15 is 0 Å². The van der Waals surface area contributed by atoms with Gasteiger partial charge < -0.3 is 5.73 Å². The van der Waals surface area contributed by atoms with E-state index in [1.165, 1.54) is 6.33 Å². The van der Waals surface area contributed by atoms with E-state index in [4.69, 9.17) is 17.3 Å². The number of hydrogen-bond donors (Lipinski definition) is 1. The van der Waals surface area contributed by atoms with Crippen LogP contribution in [0.25, 0.3) is 0 Å². The van der Waals surface area contributed by atoms with E-state index < -0.39 is 0 Å². The van der Waals surface area contributed by atoms with Crippen molar-refractivity contribution >= 4 is 17.5 Å². The Morgan fingerprint density at radius 2 is 1.87 bits per heavy atom. The molecule has 0 amide bonds. The monoisotopic (exact) mass is 220 g/mol. The molecule has 5 heteroatoms. The normalized spacial score (nSPS) is 10.2. The highest BCUT2D eigenvalue weighted by Gasteiger charge is 2.00.